The lowest BCUT2D eigenvalue weighted by Crippen LogP contribution is -2.34. The first-order valence-electron chi connectivity index (χ1n) is 6.79. The molecular weight excluding hydrogens is 302 g/mol. The maximum atomic E-state index is 11.7. The lowest BCUT2D eigenvalue weighted by Gasteiger charge is -2.10. The number of carbonyl (C=O) groups is 2. The molecule has 0 fully saturated rings. The predicted molar refractivity (Wildman–Crippen MR) is 84.8 cm³/mol. The van der Waals surface area contributed by atoms with Gasteiger partial charge in [-0.2, -0.15) is 0 Å². The first kappa shape index (κ1) is 16.0. The van der Waals surface area contributed by atoms with Gasteiger partial charge in [-0.3, -0.25) is 14.9 Å². The molecule has 0 aliphatic heterocycles. The van der Waals surface area contributed by atoms with Gasteiger partial charge in [0.25, 0.3) is 0 Å². The highest BCUT2D eigenvalue weighted by atomic mass is 32.1. The van der Waals surface area contributed by atoms with Crippen LogP contribution in [0.2, 0.25) is 0 Å². The van der Waals surface area contributed by atoms with E-state index < -0.39 is 11.8 Å². The number of aromatic nitrogens is 1. The molecule has 6 nitrogen and oxygen atoms in total. The monoisotopic (exact) mass is 319 g/mol. The minimum absolute atomic E-state index is 0.111. The Labute approximate surface area is 132 Å². The Hall–Kier alpha value is -2.41. The van der Waals surface area contributed by atoms with Crippen LogP contribution in [0.1, 0.15) is 19.4 Å². The summed E-state index contributed by atoms with van der Waals surface area (Å²) in [5.41, 5.74) is 0.881. The SMILES string of the molecule is CC(C)Oc1ccc(CNC(=O)C(=O)Nc2nccs2)cc1. The fourth-order valence-corrected chi connectivity index (χ4v) is 2.18. The van der Waals surface area contributed by atoms with Crippen molar-refractivity contribution in [3.8, 4) is 5.75 Å². The minimum Gasteiger partial charge on any atom is -0.491 e. The molecule has 2 amide bonds. The standard InChI is InChI=1S/C15H17N3O3S/c1-10(2)21-12-5-3-11(4-6-12)9-17-13(19)14(20)18-15-16-7-8-22-15/h3-8,10H,9H2,1-2H3,(H,17,19)(H,16,18,20). The Morgan fingerprint density at radius 1 is 1.23 bits per heavy atom. The molecule has 0 radical (unpaired) electrons. The number of benzene rings is 1. The highest BCUT2D eigenvalue weighted by Crippen LogP contribution is 2.14. The van der Waals surface area contributed by atoms with Gasteiger partial charge < -0.3 is 10.1 Å². The smallest absolute Gasteiger partial charge is 0.315 e. The molecule has 2 aromatic rings. The third-order valence-corrected chi connectivity index (χ3v) is 3.30. The zero-order valence-corrected chi connectivity index (χ0v) is 13.1. The molecule has 1 aromatic carbocycles. The third-order valence-electron chi connectivity index (χ3n) is 2.61. The van der Waals surface area contributed by atoms with Gasteiger partial charge in [0.2, 0.25) is 0 Å². The summed E-state index contributed by atoms with van der Waals surface area (Å²) in [4.78, 5) is 27.2. The molecule has 2 rings (SSSR count). The molecule has 2 N–H and O–H groups in total. The van der Waals surface area contributed by atoms with Gasteiger partial charge in [0, 0.05) is 18.1 Å². The second-order valence-electron chi connectivity index (χ2n) is 4.78. The van der Waals surface area contributed by atoms with E-state index in [1.165, 1.54) is 11.3 Å². The molecule has 0 spiro atoms. The third kappa shape index (κ3) is 4.85. The molecule has 0 saturated heterocycles. The van der Waals surface area contributed by atoms with Gasteiger partial charge in [0.05, 0.1) is 6.10 Å². The number of hydrogen-bond acceptors (Lipinski definition) is 5. The topological polar surface area (TPSA) is 80.3 Å². The summed E-state index contributed by atoms with van der Waals surface area (Å²) in [6, 6.07) is 7.35. The van der Waals surface area contributed by atoms with Crippen LogP contribution in [0.15, 0.2) is 35.8 Å². The van der Waals surface area contributed by atoms with Crippen molar-refractivity contribution in [3.05, 3.63) is 41.4 Å². The molecule has 1 heterocycles. The van der Waals surface area contributed by atoms with Gasteiger partial charge in [-0.1, -0.05) is 12.1 Å². The van der Waals surface area contributed by atoms with Crippen molar-refractivity contribution in [1.29, 1.82) is 0 Å². The lowest BCUT2D eigenvalue weighted by molar-refractivity contribution is -0.136. The largest absolute Gasteiger partial charge is 0.491 e. The van der Waals surface area contributed by atoms with Crippen LogP contribution < -0.4 is 15.4 Å². The number of rotatable bonds is 5. The molecule has 1 aromatic heterocycles. The van der Waals surface area contributed by atoms with Gasteiger partial charge in [-0.15, -0.1) is 11.3 Å². The summed E-state index contributed by atoms with van der Waals surface area (Å²) in [5, 5.41) is 7.10. The average Bonchev–Trinajstić information content (AvgIpc) is 2.98. The Morgan fingerprint density at radius 3 is 2.55 bits per heavy atom. The van der Waals surface area contributed by atoms with Crippen LogP contribution in [0.25, 0.3) is 0 Å². The summed E-state index contributed by atoms with van der Waals surface area (Å²) < 4.78 is 5.53. The molecule has 0 saturated carbocycles. The van der Waals surface area contributed by atoms with Crippen LogP contribution >= 0.6 is 11.3 Å². The van der Waals surface area contributed by atoms with Crippen molar-refractivity contribution in [3.63, 3.8) is 0 Å². The Bertz CT molecular complexity index is 624. The molecule has 0 bridgehead atoms. The van der Waals surface area contributed by atoms with Crippen LogP contribution in [0.5, 0.6) is 5.75 Å². The second kappa shape index (κ2) is 7.56. The Morgan fingerprint density at radius 2 is 1.95 bits per heavy atom. The number of amides is 2. The number of anilines is 1. The fraction of sp³-hybridized carbons (Fsp3) is 0.267. The van der Waals surface area contributed by atoms with E-state index in [0.29, 0.717) is 5.13 Å². The molecule has 7 heteroatoms. The van der Waals surface area contributed by atoms with E-state index in [1.807, 2.05) is 38.1 Å². The quantitative estimate of drug-likeness (QED) is 0.828. The van der Waals surface area contributed by atoms with E-state index in [1.54, 1.807) is 11.6 Å². The number of thiazole rings is 1. The second-order valence-corrected chi connectivity index (χ2v) is 5.68. The summed E-state index contributed by atoms with van der Waals surface area (Å²) in [7, 11) is 0. The number of carbonyl (C=O) groups excluding carboxylic acids is 2. The summed E-state index contributed by atoms with van der Waals surface area (Å²) in [5.74, 6) is -0.654. The van der Waals surface area contributed by atoms with Gasteiger partial charge in [-0.25, -0.2) is 4.98 Å². The molecule has 0 atom stereocenters. The van der Waals surface area contributed by atoms with Gasteiger partial charge in [0.1, 0.15) is 5.75 Å². The van der Waals surface area contributed by atoms with Gasteiger partial charge >= 0.3 is 11.8 Å². The molecule has 22 heavy (non-hydrogen) atoms. The van der Waals surface area contributed by atoms with Crippen molar-refractivity contribution in [2.24, 2.45) is 0 Å². The van der Waals surface area contributed by atoms with Crippen LogP contribution in [0.3, 0.4) is 0 Å². The number of nitrogens with zero attached hydrogens (tertiary/aromatic N) is 1. The summed E-state index contributed by atoms with van der Waals surface area (Å²) in [6.07, 6.45) is 1.67. The minimum atomic E-state index is -0.727. The lowest BCUT2D eigenvalue weighted by atomic mass is 10.2. The summed E-state index contributed by atoms with van der Waals surface area (Å²) >= 11 is 1.25. The first-order chi connectivity index (χ1) is 10.5. The molecule has 0 aliphatic rings. The van der Waals surface area contributed by atoms with Crippen LogP contribution in [0, 0.1) is 0 Å². The number of nitrogens with one attached hydrogen (secondary N) is 2. The number of hydrogen-bond donors (Lipinski definition) is 2. The van der Waals surface area contributed by atoms with Gasteiger partial charge in [-0.05, 0) is 31.5 Å². The zero-order valence-electron chi connectivity index (χ0n) is 12.3. The average molecular weight is 319 g/mol. The molecule has 0 aliphatic carbocycles. The van der Waals surface area contributed by atoms with Crippen molar-refractivity contribution in [1.82, 2.24) is 10.3 Å². The highest BCUT2D eigenvalue weighted by molar-refractivity contribution is 7.13. The summed E-state index contributed by atoms with van der Waals surface area (Å²) in [6.45, 7) is 4.18. The van der Waals surface area contributed by atoms with E-state index in [9.17, 15) is 9.59 Å². The van der Waals surface area contributed by atoms with Crippen LogP contribution in [-0.2, 0) is 16.1 Å². The van der Waals surface area contributed by atoms with E-state index in [-0.39, 0.29) is 12.6 Å². The van der Waals surface area contributed by atoms with E-state index >= 15 is 0 Å². The number of ether oxygens (including phenoxy) is 1. The maximum absolute atomic E-state index is 11.7. The van der Waals surface area contributed by atoms with Crippen molar-refractivity contribution < 1.29 is 14.3 Å². The zero-order chi connectivity index (χ0) is 15.9. The molecule has 116 valence electrons. The Kier molecular flexibility index (Phi) is 5.48. The van der Waals surface area contributed by atoms with Crippen molar-refractivity contribution in [2.75, 3.05) is 5.32 Å². The van der Waals surface area contributed by atoms with Crippen molar-refractivity contribution >= 4 is 28.3 Å². The molecule has 0 unspecified atom stereocenters. The van der Waals surface area contributed by atoms with E-state index in [4.69, 9.17) is 4.74 Å². The van der Waals surface area contributed by atoms with Gasteiger partial charge in [0.15, 0.2) is 5.13 Å². The van der Waals surface area contributed by atoms with Crippen molar-refractivity contribution in [2.45, 2.75) is 26.5 Å². The van der Waals surface area contributed by atoms with Crippen LogP contribution in [-0.4, -0.2) is 22.9 Å². The van der Waals surface area contributed by atoms with E-state index in [0.717, 1.165) is 11.3 Å². The maximum Gasteiger partial charge on any atom is 0.315 e. The first-order valence-corrected chi connectivity index (χ1v) is 7.67. The highest BCUT2D eigenvalue weighted by Gasteiger charge is 2.14. The van der Waals surface area contributed by atoms with Crippen LogP contribution in [0.4, 0.5) is 5.13 Å². The molecular formula is C15H17N3O3S. The normalized spacial score (nSPS) is 10.3. The van der Waals surface area contributed by atoms with E-state index in [2.05, 4.69) is 15.6 Å². The predicted octanol–water partition coefficient (Wildman–Crippen LogP) is 2.19. The Balaban J connectivity index is 1.81. The fourth-order valence-electron chi connectivity index (χ4n) is 1.66.